The van der Waals surface area contributed by atoms with Crippen LogP contribution in [0.5, 0.6) is 0 Å². The lowest BCUT2D eigenvalue weighted by atomic mass is 10.1. The third-order valence-corrected chi connectivity index (χ3v) is 6.99. The van der Waals surface area contributed by atoms with Gasteiger partial charge in [-0.15, -0.1) is 0 Å². The summed E-state index contributed by atoms with van der Waals surface area (Å²) in [7, 11) is 0. The van der Waals surface area contributed by atoms with Crippen LogP contribution in [0.15, 0.2) is 47.6 Å². The van der Waals surface area contributed by atoms with Crippen molar-refractivity contribution in [2.45, 2.75) is 35.6 Å². The molecular formula is C20H20Cl2N2O3S. The van der Waals surface area contributed by atoms with E-state index >= 15 is 0 Å². The van der Waals surface area contributed by atoms with Crippen molar-refractivity contribution in [3.63, 3.8) is 0 Å². The maximum atomic E-state index is 10.6. The molecule has 148 valence electrons. The van der Waals surface area contributed by atoms with Crippen molar-refractivity contribution >= 4 is 46.0 Å². The van der Waals surface area contributed by atoms with Crippen molar-refractivity contribution in [2.75, 3.05) is 6.61 Å². The molecule has 0 bridgehead atoms. The summed E-state index contributed by atoms with van der Waals surface area (Å²) < 4.78 is 1.93. The second kappa shape index (κ2) is 8.22. The fraction of sp³-hybridized carbons (Fsp3) is 0.350. The molecule has 4 atom stereocenters. The molecule has 0 radical (unpaired) electrons. The molecule has 1 aliphatic rings. The number of rotatable bonds is 5. The molecule has 28 heavy (non-hydrogen) atoms. The number of hydrogen-bond acceptors (Lipinski definition) is 5. The minimum atomic E-state index is -1.000. The highest BCUT2D eigenvalue weighted by Crippen LogP contribution is 2.41. The van der Waals surface area contributed by atoms with Crippen molar-refractivity contribution in [3.8, 4) is 0 Å². The Balaban J connectivity index is 1.76. The SMILES string of the molecule is OC[C@@H]1C[C@H](n2c(SCc3ccccc3)nc3cc(Cl)c(Cl)cc32)[C@@H](O)[C@H]1O. The van der Waals surface area contributed by atoms with Crippen molar-refractivity contribution in [1.29, 1.82) is 0 Å². The first-order valence-electron chi connectivity index (χ1n) is 9.00. The molecule has 4 rings (SSSR count). The van der Waals surface area contributed by atoms with E-state index < -0.39 is 18.2 Å². The molecule has 0 amide bonds. The average molecular weight is 439 g/mol. The molecule has 0 saturated heterocycles. The average Bonchev–Trinajstić information content (AvgIpc) is 3.18. The Bertz CT molecular complexity index is 982. The van der Waals surface area contributed by atoms with E-state index in [1.54, 1.807) is 23.9 Å². The molecule has 1 heterocycles. The molecule has 1 saturated carbocycles. The van der Waals surface area contributed by atoms with Crippen LogP contribution in [-0.4, -0.2) is 43.7 Å². The van der Waals surface area contributed by atoms with Crippen LogP contribution in [0.25, 0.3) is 11.0 Å². The van der Waals surface area contributed by atoms with Crippen LogP contribution in [0.2, 0.25) is 10.0 Å². The van der Waals surface area contributed by atoms with Gasteiger partial charge in [0.05, 0.1) is 33.2 Å². The number of aromatic nitrogens is 2. The van der Waals surface area contributed by atoms with Gasteiger partial charge in [-0.05, 0) is 24.1 Å². The molecular weight excluding hydrogens is 419 g/mol. The number of aliphatic hydroxyl groups excluding tert-OH is 3. The standard InChI is InChI=1S/C20H20Cl2N2O3S/c21-13-7-15-16(8-14(13)22)24(17-6-12(9-25)18(26)19(17)27)20(23-15)28-10-11-4-2-1-3-5-11/h1-5,7-8,12,17-19,25-27H,6,9-10H2/t12-,17-,18-,19+/m0/s1. The van der Waals surface area contributed by atoms with Gasteiger partial charge in [-0.1, -0.05) is 65.3 Å². The summed E-state index contributed by atoms with van der Waals surface area (Å²) in [6.45, 7) is -0.180. The highest BCUT2D eigenvalue weighted by molar-refractivity contribution is 7.98. The number of aliphatic hydroxyl groups is 3. The van der Waals surface area contributed by atoms with E-state index in [4.69, 9.17) is 28.2 Å². The fourth-order valence-electron chi connectivity index (χ4n) is 3.75. The summed E-state index contributed by atoms with van der Waals surface area (Å²) in [5, 5.41) is 32.0. The van der Waals surface area contributed by atoms with Gasteiger partial charge < -0.3 is 19.9 Å². The number of nitrogens with zero attached hydrogens (tertiary/aromatic N) is 2. The lowest BCUT2D eigenvalue weighted by Gasteiger charge is -2.21. The van der Waals surface area contributed by atoms with E-state index in [9.17, 15) is 15.3 Å². The van der Waals surface area contributed by atoms with E-state index in [-0.39, 0.29) is 12.5 Å². The predicted molar refractivity (Wildman–Crippen MR) is 112 cm³/mol. The Hall–Kier alpha value is -1.28. The molecule has 1 aliphatic carbocycles. The van der Waals surface area contributed by atoms with Crippen LogP contribution in [0.4, 0.5) is 0 Å². The molecule has 8 heteroatoms. The number of thioether (sulfide) groups is 1. The van der Waals surface area contributed by atoms with E-state index in [2.05, 4.69) is 0 Å². The Morgan fingerprint density at radius 1 is 1.07 bits per heavy atom. The van der Waals surface area contributed by atoms with Gasteiger partial charge in [-0.25, -0.2) is 4.98 Å². The van der Waals surface area contributed by atoms with Crippen LogP contribution in [-0.2, 0) is 5.75 Å². The largest absolute Gasteiger partial charge is 0.396 e. The lowest BCUT2D eigenvalue weighted by Crippen LogP contribution is -2.30. The van der Waals surface area contributed by atoms with Gasteiger partial charge in [0.1, 0.15) is 6.10 Å². The first-order valence-corrected chi connectivity index (χ1v) is 10.7. The Morgan fingerprint density at radius 3 is 2.46 bits per heavy atom. The fourth-order valence-corrected chi connectivity index (χ4v) is 5.09. The Labute approximate surface area is 176 Å². The van der Waals surface area contributed by atoms with Gasteiger partial charge in [-0.2, -0.15) is 0 Å². The minimum Gasteiger partial charge on any atom is -0.396 e. The van der Waals surface area contributed by atoms with Gasteiger partial charge >= 0.3 is 0 Å². The molecule has 5 nitrogen and oxygen atoms in total. The topological polar surface area (TPSA) is 78.5 Å². The summed E-state index contributed by atoms with van der Waals surface area (Å²) in [5.74, 6) is 0.327. The Kier molecular flexibility index (Phi) is 5.88. The first kappa shape index (κ1) is 20.0. The van der Waals surface area contributed by atoms with Gasteiger partial charge in [-0.3, -0.25) is 0 Å². The zero-order valence-corrected chi connectivity index (χ0v) is 17.2. The summed E-state index contributed by atoms with van der Waals surface area (Å²) >= 11 is 14.0. The molecule has 3 aromatic rings. The van der Waals surface area contributed by atoms with E-state index in [1.807, 2.05) is 34.9 Å². The van der Waals surface area contributed by atoms with Gasteiger partial charge in [0.25, 0.3) is 0 Å². The lowest BCUT2D eigenvalue weighted by molar-refractivity contribution is -0.00446. The maximum absolute atomic E-state index is 10.6. The van der Waals surface area contributed by atoms with Crippen LogP contribution in [0, 0.1) is 5.92 Å². The van der Waals surface area contributed by atoms with Crippen LogP contribution in [0.3, 0.4) is 0 Å². The predicted octanol–water partition coefficient (Wildman–Crippen LogP) is 3.91. The van der Waals surface area contributed by atoms with Crippen molar-refractivity contribution in [2.24, 2.45) is 5.92 Å². The molecule has 1 aromatic heterocycles. The van der Waals surface area contributed by atoms with Crippen LogP contribution in [0.1, 0.15) is 18.0 Å². The number of benzene rings is 2. The van der Waals surface area contributed by atoms with E-state index in [0.717, 1.165) is 11.1 Å². The molecule has 3 N–H and O–H groups in total. The summed E-state index contributed by atoms with van der Waals surface area (Å²) in [5.41, 5.74) is 2.58. The third-order valence-electron chi connectivity index (χ3n) is 5.25. The van der Waals surface area contributed by atoms with Crippen molar-refractivity contribution in [1.82, 2.24) is 9.55 Å². The number of halogens is 2. The molecule has 2 aromatic carbocycles. The summed E-state index contributed by atoms with van der Waals surface area (Å²) in [6, 6.07) is 13.1. The summed E-state index contributed by atoms with van der Waals surface area (Å²) in [4.78, 5) is 4.71. The second-order valence-electron chi connectivity index (χ2n) is 7.02. The normalized spacial score (nSPS) is 24.9. The smallest absolute Gasteiger partial charge is 0.169 e. The highest BCUT2D eigenvalue weighted by atomic mass is 35.5. The number of hydrogen-bond donors (Lipinski definition) is 3. The van der Waals surface area contributed by atoms with Crippen molar-refractivity contribution < 1.29 is 15.3 Å². The number of fused-ring (bicyclic) bond motifs is 1. The quantitative estimate of drug-likeness (QED) is 0.526. The van der Waals surface area contributed by atoms with E-state index in [0.29, 0.717) is 32.9 Å². The monoisotopic (exact) mass is 438 g/mol. The highest BCUT2D eigenvalue weighted by Gasteiger charge is 2.43. The van der Waals surface area contributed by atoms with E-state index in [1.165, 1.54) is 0 Å². The molecule has 0 spiro atoms. The van der Waals surface area contributed by atoms with Gasteiger partial charge in [0, 0.05) is 18.3 Å². The van der Waals surface area contributed by atoms with Crippen molar-refractivity contribution in [3.05, 3.63) is 58.1 Å². The van der Waals surface area contributed by atoms with Crippen LogP contribution < -0.4 is 0 Å². The molecule has 0 aliphatic heterocycles. The second-order valence-corrected chi connectivity index (χ2v) is 8.78. The number of imidazole rings is 1. The third kappa shape index (κ3) is 3.65. The Morgan fingerprint density at radius 2 is 1.79 bits per heavy atom. The first-order chi connectivity index (χ1) is 13.5. The molecule has 0 unspecified atom stereocenters. The van der Waals surface area contributed by atoms with Gasteiger partial charge in [0.15, 0.2) is 5.16 Å². The molecule has 1 fully saturated rings. The summed E-state index contributed by atoms with van der Waals surface area (Å²) in [6.07, 6.45) is -1.54. The zero-order valence-electron chi connectivity index (χ0n) is 14.9. The van der Waals surface area contributed by atoms with Gasteiger partial charge in [0.2, 0.25) is 0 Å². The van der Waals surface area contributed by atoms with Crippen LogP contribution >= 0.6 is 35.0 Å². The minimum absolute atomic E-state index is 0.180. The zero-order chi connectivity index (χ0) is 19.8. The maximum Gasteiger partial charge on any atom is 0.169 e.